The van der Waals surface area contributed by atoms with Crippen molar-refractivity contribution in [2.24, 2.45) is 11.8 Å². The van der Waals surface area contributed by atoms with Crippen LogP contribution in [0, 0.1) is 24.6 Å². The van der Waals surface area contributed by atoms with Crippen molar-refractivity contribution in [3.63, 3.8) is 0 Å². The number of carbonyl (C=O) groups excluding carboxylic acids is 1. The molecular formula is C21H23FN2O3. The summed E-state index contributed by atoms with van der Waals surface area (Å²) in [6.45, 7) is 3.99. The standard InChI is InChI=1S/C21H23FN2O3/c1-13-6-16(22)2-5-21(13)27-18-7-14-10-24(11-15(14)8-18)12-20(26)19-4-3-17(25)9-23-19/h2-6,9,14-15,18,25H,7-8,10-12H2,1H3. The van der Waals surface area contributed by atoms with Crippen LogP contribution in [0.3, 0.4) is 0 Å². The van der Waals surface area contributed by atoms with Crippen molar-refractivity contribution in [2.75, 3.05) is 19.6 Å². The third-order valence-corrected chi connectivity index (χ3v) is 5.61. The SMILES string of the molecule is Cc1cc(F)ccc1OC1CC2CN(CC(=O)c3ccc(O)cn3)CC2C1. The number of hydrogen-bond acceptors (Lipinski definition) is 5. The maximum atomic E-state index is 13.2. The van der Waals surface area contributed by atoms with Crippen molar-refractivity contribution in [2.45, 2.75) is 25.9 Å². The van der Waals surface area contributed by atoms with Gasteiger partial charge in [0, 0.05) is 13.1 Å². The normalized spacial score (nSPS) is 24.7. The Morgan fingerprint density at radius 1 is 1.26 bits per heavy atom. The summed E-state index contributed by atoms with van der Waals surface area (Å²) < 4.78 is 19.3. The number of ketones is 1. The van der Waals surface area contributed by atoms with Gasteiger partial charge in [-0.15, -0.1) is 0 Å². The smallest absolute Gasteiger partial charge is 0.195 e. The summed E-state index contributed by atoms with van der Waals surface area (Å²) in [4.78, 5) is 18.5. The summed E-state index contributed by atoms with van der Waals surface area (Å²) in [5.41, 5.74) is 1.21. The van der Waals surface area contributed by atoms with E-state index in [1.54, 1.807) is 12.1 Å². The van der Waals surface area contributed by atoms with Gasteiger partial charge in [-0.2, -0.15) is 0 Å². The number of nitrogens with zero attached hydrogens (tertiary/aromatic N) is 2. The lowest BCUT2D eigenvalue weighted by Crippen LogP contribution is -2.30. The van der Waals surface area contributed by atoms with Crippen LogP contribution in [0.15, 0.2) is 36.5 Å². The zero-order chi connectivity index (χ0) is 19.0. The summed E-state index contributed by atoms with van der Waals surface area (Å²) in [5, 5.41) is 9.28. The van der Waals surface area contributed by atoms with Crippen molar-refractivity contribution < 1.29 is 19.0 Å². The van der Waals surface area contributed by atoms with Gasteiger partial charge in [-0.05, 0) is 67.5 Å². The van der Waals surface area contributed by atoms with Crippen molar-refractivity contribution in [3.05, 3.63) is 53.6 Å². The van der Waals surface area contributed by atoms with Crippen LogP contribution in [-0.2, 0) is 0 Å². The highest BCUT2D eigenvalue weighted by Crippen LogP contribution is 2.40. The van der Waals surface area contributed by atoms with E-state index in [0.717, 1.165) is 37.2 Å². The minimum atomic E-state index is -0.244. The molecule has 0 bridgehead atoms. The highest BCUT2D eigenvalue weighted by molar-refractivity contribution is 5.95. The van der Waals surface area contributed by atoms with Gasteiger partial charge in [0.1, 0.15) is 23.0 Å². The molecule has 0 spiro atoms. The first-order chi connectivity index (χ1) is 13.0. The van der Waals surface area contributed by atoms with E-state index in [-0.39, 0.29) is 23.5 Å². The molecule has 1 aliphatic carbocycles. The topological polar surface area (TPSA) is 62.7 Å². The molecule has 27 heavy (non-hydrogen) atoms. The average molecular weight is 370 g/mol. The molecule has 6 heteroatoms. The van der Waals surface area contributed by atoms with Crippen LogP contribution in [0.5, 0.6) is 11.5 Å². The number of hydrogen-bond donors (Lipinski definition) is 1. The van der Waals surface area contributed by atoms with Gasteiger partial charge in [-0.3, -0.25) is 9.69 Å². The Hall–Kier alpha value is -2.47. The average Bonchev–Trinajstić information content (AvgIpc) is 3.15. The fourth-order valence-electron chi connectivity index (χ4n) is 4.33. The molecule has 2 aliphatic rings. The summed E-state index contributed by atoms with van der Waals surface area (Å²) in [6.07, 6.45) is 3.37. The van der Waals surface area contributed by atoms with E-state index in [0.29, 0.717) is 24.1 Å². The molecule has 1 N–H and O–H groups in total. The van der Waals surface area contributed by atoms with Crippen LogP contribution in [0.1, 0.15) is 28.9 Å². The van der Waals surface area contributed by atoms with E-state index in [9.17, 15) is 14.3 Å². The molecule has 2 heterocycles. The number of likely N-dealkylation sites (tertiary alicyclic amines) is 1. The second kappa shape index (κ2) is 7.27. The monoisotopic (exact) mass is 370 g/mol. The Morgan fingerprint density at radius 2 is 2.00 bits per heavy atom. The van der Waals surface area contributed by atoms with Crippen LogP contribution in [0.25, 0.3) is 0 Å². The van der Waals surface area contributed by atoms with E-state index in [1.807, 2.05) is 6.92 Å². The van der Waals surface area contributed by atoms with Gasteiger partial charge < -0.3 is 9.84 Å². The van der Waals surface area contributed by atoms with Gasteiger partial charge in [0.05, 0.1) is 18.8 Å². The molecule has 1 saturated heterocycles. The molecule has 2 aromatic rings. The van der Waals surface area contributed by atoms with Crippen LogP contribution >= 0.6 is 0 Å². The van der Waals surface area contributed by atoms with Crippen molar-refractivity contribution in [3.8, 4) is 11.5 Å². The minimum Gasteiger partial charge on any atom is -0.506 e. The number of halogens is 1. The molecule has 142 valence electrons. The highest BCUT2D eigenvalue weighted by atomic mass is 19.1. The molecule has 1 aliphatic heterocycles. The number of aryl methyl sites for hydroxylation is 1. The molecule has 1 saturated carbocycles. The lowest BCUT2D eigenvalue weighted by Gasteiger charge is -2.20. The number of pyridine rings is 1. The van der Waals surface area contributed by atoms with Crippen LogP contribution in [0.4, 0.5) is 4.39 Å². The van der Waals surface area contributed by atoms with Crippen molar-refractivity contribution in [1.82, 2.24) is 9.88 Å². The predicted molar refractivity (Wildman–Crippen MR) is 98.4 cm³/mol. The molecule has 2 fully saturated rings. The van der Waals surface area contributed by atoms with Gasteiger partial charge in [0.15, 0.2) is 5.78 Å². The fourth-order valence-corrected chi connectivity index (χ4v) is 4.33. The van der Waals surface area contributed by atoms with Gasteiger partial charge >= 0.3 is 0 Å². The first-order valence-electron chi connectivity index (χ1n) is 9.31. The number of Topliss-reactive ketones (excluding diaryl/α,β-unsaturated/α-hetero) is 1. The number of benzene rings is 1. The Kier molecular flexibility index (Phi) is 4.83. The van der Waals surface area contributed by atoms with Crippen LogP contribution in [0.2, 0.25) is 0 Å². The molecule has 1 aromatic heterocycles. The number of ether oxygens (including phenoxy) is 1. The van der Waals surface area contributed by atoms with Gasteiger partial charge in [-0.1, -0.05) is 0 Å². The zero-order valence-electron chi connectivity index (χ0n) is 15.3. The molecule has 2 unspecified atom stereocenters. The largest absolute Gasteiger partial charge is 0.506 e. The quantitative estimate of drug-likeness (QED) is 0.819. The lowest BCUT2D eigenvalue weighted by molar-refractivity contribution is 0.0931. The number of rotatable bonds is 5. The Balaban J connectivity index is 1.30. The van der Waals surface area contributed by atoms with Gasteiger partial charge in [-0.25, -0.2) is 9.37 Å². The molecule has 2 atom stereocenters. The Labute approximate surface area is 157 Å². The third kappa shape index (κ3) is 3.95. The van der Waals surface area contributed by atoms with E-state index in [1.165, 1.54) is 24.4 Å². The minimum absolute atomic E-state index is 0.0234. The summed E-state index contributed by atoms with van der Waals surface area (Å²) in [5.74, 6) is 1.60. The number of fused-ring (bicyclic) bond motifs is 1. The first kappa shape index (κ1) is 17.9. The second-order valence-corrected chi connectivity index (χ2v) is 7.66. The predicted octanol–water partition coefficient (Wildman–Crippen LogP) is 3.21. The highest BCUT2D eigenvalue weighted by Gasteiger charge is 2.42. The van der Waals surface area contributed by atoms with Crippen molar-refractivity contribution in [1.29, 1.82) is 0 Å². The van der Waals surface area contributed by atoms with Crippen molar-refractivity contribution >= 4 is 5.78 Å². The maximum absolute atomic E-state index is 13.2. The molecule has 5 nitrogen and oxygen atoms in total. The van der Waals surface area contributed by atoms with Gasteiger partial charge in [0.25, 0.3) is 0 Å². The Bertz CT molecular complexity index is 826. The summed E-state index contributed by atoms with van der Waals surface area (Å²) in [6, 6.07) is 7.68. The molecule has 1 aromatic carbocycles. The van der Waals surface area contributed by atoms with Crippen LogP contribution in [-0.4, -0.2) is 46.5 Å². The van der Waals surface area contributed by atoms with E-state index in [2.05, 4.69) is 9.88 Å². The molecule has 0 radical (unpaired) electrons. The zero-order valence-corrected chi connectivity index (χ0v) is 15.3. The van der Waals surface area contributed by atoms with Gasteiger partial charge in [0.2, 0.25) is 0 Å². The molecule has 4 rings (SSSR count). The number of carbonyl (C=O) groups is 1. The summed E-state index contributed by atoms with van der Waals surface area (Å²) >= 11 is 0. The number of aromatic nitrogens is 1. The first-order valence-corrected chi connectivity index (χ1v) is 9.31. The molecule has 0 amide bonds. The maximum Gasteiger partial charge on any atom is 0.195 e. The third-order valence-electron chi connectivity index (χ3n) is 5.61. The second-order valence-electron chi connectivity index (χ2n) is 7.66. The lowest BCUT2D eigenvalue weighted by atomic mass is 10.0. The fraction of sp³-hybridized carbons (Fsp3) is 0.429. The summed E-state index contributed by atoms with van der Waals surface area (Å²) in [7, 11) is 0. The van der Waals surface area contributed by atoms with E-state index < -0.39 is 0 Å². The number of aromatic hydroxyl groups is 1. The van der Waals surface area contributed by atoms with E-state index >= 15 is 0 Å². The van der Waals surface area contributed by atoms with Crippen LogP contribution < -0.4 is 4.74 Å². The Morgan fingerprint density at radius 3 is 2.63 bits per heavy atom. The van der Waals surface area contributed by atoms with E-state index in [4.69, 9.17) is 4.74 Å². The molecular weight excluding hydrogens is 347 g/mol.